The molecule has 0 bridgehead atoms. The van der Waals surface area contributed by atoms with Crippen molar-refractivity contribution in [3.63, 3.8) is 0 Å². The Labute approximate surface area is 132 Å². The van der Waals surface area contributed by atoms with Gasteiger partial charge in [-0.05, 0) is 43.9 Å². The first-order chi connectivity index (χ1) is 10.7. The lowest BCUT2D eigenvalue weighted by Gasteiger charge is -2.15. The van der Waals surface area contributed by atoms with Gasteiger partial charge in [-0.1, -0.05) is 11.6 Å². The molecule has 7 heteroatoms. The number of nitrogens with one attached hydrogen (secondary N) is 1. The van der Waals surface area contributed by atoms with Gasteiger partial charge in [0, 0.05) is 5.69 Å². The summed E-state index contributed by atoms with van der Waals surface area (Å²) in [4.78, 5) is 11.8. The zero-order valence-corrected chi connectivity index (χ0v) is 12.7. The van der Waals surface area contributed by atoms with Crippen LogP contribution in [-0.2, 0) is 11.2 Å². The highest BCUT2D eigenvalue weighted by molar-refractivity contribution is 6.32. The number of benzene rings is 1. The number of carbonyl (C=O) groups is 1. The Morgan fingerprint density at radius 1 is 1.41 bits per heavy atom. The van der Waals surface area contributed by atoms with Crippen molar-refractivity contribution in [3.8, 4) is 5.75 Å². The number of amides is 1. The first kappa shape index (κ1) is 14.8. The molecule has 1 aliphatic carbocycles. The molecule has 1 fully saturated rings. The summed E-state index contributed by atoms with van der Waals surface area (Å²) in [5.41, 5.74) is 0.605. The molecule has 1 aromatic heterocycles. The minimum Gasteiger partial charge on any atom is -0.489 e. The molecule has 6 nitrogen and oxygen atoms in total. The standard InChI is InChI=1S/C15H16ClN3O3/c16-12-7-10(18-14(20)8-15-19-17-9-21-15)5-6-13(12)22-11-3-1-2-4-11/h5-7,9,11H,1-4,8H2,(H,18,20). The van der Waals surface area contributed by atoms with Gasteiger partial charge in [0.1, 0.15) is 12.2 Å². The van der Waals surface area contributed by atoms with E-state index >= 15 is 0 Å². The van der Waals surface area contributed by atoms with Gasteiger partial charge in [0.25, 0.3) is 0 Å². The first-order valence-electron chi connectivity index (χ1n) is 7.22. The van der Waals surface area contributed by atoms with Gasteiger partial charge < -0.3 is 14.5 Å². The van der Waals surface area contributed by atoms with Crippen LogP contribution in [0.1, 0.15) is 31.6 Å². The van der Waals surface area contributed by atoms with E-state index in [-0.39, 0.29) is 24.3 Å². The van der Waals surface area contributed by atoms with E-state index in [1.165, 1.54) is 19.2 Å². The van der Waals surface area contributed by atoms with Crippen LogP contribution in [0.4, 0.5) is 5.69 Å². The summed E-state index contributed by atoms with van der Waals surface area (Å²) >= 11 is 6.22. The summed E-state index contributed by atoms with van der Waals surface area (Å²) in [6.07, 6.45) is 6.00. The largest absolute Gasteiger partial charge is 0.489 e. The first-order valence-corrected chi connectivity index (χ1v) is 7.59. The van der Waals surface area contributed by atoms with Crippen LogP contribution >= 0.6 is 11.6 Å². The third kappa shape index (κ3) is 3.76. The number of anilines is 1. The fraction of sp³-hybridized carbons (Fsp3) is 0.400. The Balaban J connectivity index is 1.60. The molecule has 1 heterocycles. The quantitative estimate of drug-likeness (QED) is 0.914. The fourth-order valence-electron chi connectivity index (χ4n) is 2.48. The van der Waals surface area contributed by atoms with Crippen LogP contribution < -0.4 is 10.1 Å². The van der Waals surface area contributed by atoms with Crippen LogP contribution in [0, 0.1) is 0 Å². The molecule has 0 unspecified atom stereocenters. The molecule has 1 aliphatic rings. The van der Waals surface area contributed by atoms with E-state index in [1.807, 2.05) is 0 Å². The van der Waals surface area contributed by atoms with E-state index in [0.29, 0.717) is 16.5 Å². The highest BCUT2D eigenvalue weighted by Gasteiger charge is 2.18. The van der Waals surface area contributed by atoms with Gasteiger partial charge in [0.15, 0.2) is 0 Å². The minimum atomic E-state index is -0.246. The molecular weight excluding hydrogens is 306 g/mol. The number of rotatable bonds is 5. The number of hydrogen-bond donors (Lipinski definition) is 1. The van der Waals surface area contributed by atoms with Crippen molar-refractivity contribution < 1.29 is 13.9 Å². The summed E-state index contributed by atoms with van der Waals surface area (Å²) in [5.74, 6) is 0.679. The molecule has 1 N–H and O–H groups in total. The molecule has 22 heavy (non-hydrogen) atoms. The maximum Gasteiger partial charge on any atom is 0.233 e. The predicted molar refractivity (Wildman–Crippen MR) is 81.0 cm³/mol. The molecule has 0 atom stereocenters. The van der Waals surface area contributed by atoms with Gasteiger partial charge in [-0.2, -0.15) is 0 Å². The second kappa shape index (κ2) is 6.79. The third-order valence-electron chi connectivity index (χ3n) is 3.53. The molecule has 116 valence electrons. The molecular formula is C15H16ClN3O3. The van der Waals surface area contributed by atoms with Gasteiger partial charge >= 0.3 is 0 Å². The Hall–Kier alpha value is -2.08. The number of halogens is 1. The molecule has 1 aromatic carbocycles. The Morgan fingerprint density at radius 2 is 2.23 bits per heavy atom. The van der Waals surface area contributed by atoms with Crippen molar-refractivity contribution in [2.45, 2.75) is 38.2 Å². The van der Waals surface area contributed by atoms with Crippen LogP contribution in [-0.4, -0.2) is 22.2 Å². The summed E-state index contributed by atoms with van der Waals surface area (Å²) in [6, 6.07) is 5.22. The highest BCUT2D eigenvalue weighted by atomic mass is 35.5. The van der Waals surface area contributed by atoms with Gasteiger partial charge in [0.2, 0.25) is 18.2 Å². The van der Waals surface area contributed by atoms with Crippen molar-refractivity contribution in [1.29, 1.82) is 0 Å². The lowest BCUT2D eigenvalue weighted by molar-refractivity contribution is -0.115. The number of ether oxygens (including phenoxy) is 1. The summed E-state index contributed by atoms with van der Waals surface area (Å²) in [5, 5.41) is 10.4. The Kier molecular flexibility index (Phi) is 4.58. The normalized spacial score (nSPS) is 15.0. The Morgan fingerprint density at radius 3 is 2.91 bits per heavy atom. The molecule has 0 saturated heterocycles. The van der Waals surface area contributed by atoms with E-state index < -0.39 is 0 Å². The summed E-state index contributed by atoms with van der Waals surface area (Å²) < 4.78 is 10.8. The Bertz CT molecular complexity index is 639. The predicted octanol–water partition coefficient (Wildman–Crippen LogP) is 3.23. The SMILES string of the molecule is O=C(Cc1nnco1)Nc1ccc(OC2CCCC2)c(Cl)c1. The molecule has 1 saturated carbocycles. The fourth-order valence-corrected chi connectivity index (χ4v) is 2.70. The van der Waals surface area contributed by atoms with Gasteiger partial charge in [-0.15, -0.1) is 10.2 Å². The van der Waals surface area contributed by atoms with Gasteiger partial charge in [-0.3, -0.25) is 4.79 Å². The van der Waals surface area contributed by atoms with Crippen molar-refractivity contribution in [2.24, 2.45) is 0 Å². The zero-order chi connectivity index (χ0) is 15.4. The van der Waals surface area contributed by atoms with Crippen LogP contribution in [0.25, 0.3) is 0 Å². The second-order valence-corrected chi connectivity index (χ2v) is 5.63. The van der Waals surface area contributed by atoms with Gasteiger partial charge in [0.05, 0.1) is 11.1 Å². The molecule has 2 aromatic rings. The van der Waals surface area contributed by atoms with E-state index in [4.69, 9.17) is 20.8 Å². The molecule has 0 radical (unpaired) electrons. The number of aromatic nitrogens is 2. The van der Waals surface area contributed by atoms with E-state index in [1.54, 1.807) is 18.2 Å². The highest BCUT2D eigenvalue weighted by Crippen LogP contribution is 2.31. The van der Waals surface area contributed by atoms with Crippen molar-refractivity contribution >= 4 is 23.2 Å². The van der Waals surface area contributed by atoms with Crippen molar-refractivity contribution in [3.05, 3.63) is 35.5 Å². The summed E-state index contributed by atoms with van der Waals surface area (Å²) in [7, 11) is 0. The zero-order valence-electron chi connectivity index (χ0n) is 11.9. The van der Waals surface area contributed by atoms with Gasteiger partial charge in [-0.25, -0.2) is 0 Å². The summed E-state index contributed by atoms with van der Waals surface area (Å²) in [6.45, 7) is 0. The smallest absolute Gasteiger partial charge is 0.233 e. The minimum absolute atomic E-state index is 0.0257. The van der Waals surface area contributed by atoms with Crippen LogP contribution in [0.2, 0.25) is 5.02 Å². The van der Waals surface area contributed by atoms with Crippen molar-refractivity contribution in [2.75, 3.05) is 5.32 Å². The van der Waals surface area contributed by atoms with Crippen LogP contribution in [0.15, 0.2) is 29.0 Å². The monoisotopic (exact) mass is 321 g/mol. The lowest BCUT2D eigenvalue weighted by atomic mass is 10.2. The molecule has 3 rings (SSSR count). The lowest BCUT2D eigenvalue weighted by Crippen LogP contribution is -2.15. The van der Waals surface area contributed by atoms with Crippen molar-refractivity contribution in [1.82, 2.24) is 10.2 Å². The molecule has 1 amide bonds. The maximum atomic E-state index is 11.8. The second-order valence-electron chi connectivity index (χ2n) is 5.23. The maximum absolute atomic E-state index is 11.8. The molecule has 0 spiro atoms. The number of nitrogens with zero attached hydrogens (tertiary/aromatic N) is 2. The van der Waals surface area contributed by atoms with Crippen LogP contribution in [0.3, 0.4) is 0 Å². The third-order valence-corrected chi connectivity index (χ3v) is 3.82. The average Bonchev–Trinajstić information content (AvgIpc) is 3.15. The number of hydrogen-bond acceptors (Lipinski definition) is 5. The van der Waals surface area contributed by atoms with E-state index in [2.05, 4.69) is 15.5 Å². The topological polar surface area (TPSA) is 77.2 Å². The molecule has 0 aliphatic heterocycles. The van der Waals surface area contributed by atoms with Crippen LogP contribution in [0.5, 0.6) is 5.75 Å². The van der Waals surface area contributed by atoms with E-state index in [0.717, 1.165) is 12.8 Å². The number of carbonyl (C=O) groups excluding carboxylic acids is 1. The van der Waals surface area contributed by atoms with E-state index in [9.17, 15) is 4.79 Å². The average molecular weight is 322 g/mol.